The van der Waals surface area contributed by atoms with Gasteiger partial charge < -0.3 is 10.2 Å². The molecule has 0 atom stereocenters. The maximum atomic E-state index is 11.5. The molecule has 0 saturated heterocycles. The zero-order chi connectivity index (χ0) is 15.2. The third kappa shape index (κ3) is 3.57. The number of aliphatic carboxylic acids is 2. The van der Waals surface area contributed by atoms with E-state index in [-0.39, 0.29) is 5.57 Å². The summed E-state index contributed by atoms with van der Waals surface area (Å²) in [6, 6.07) is 18.0. The average molecular weight is 282 g/mol. The Hall–Kier alpha value is -2.88. The summed E-state index contributed by atoms with van der Waals surface area (Å²) < 4.78 is 0. The zero-order valence-electron chi connectivity index (χ0n) is 11.1. The van der Waals surface area contributed by atoms with Crippen molar-refractivity contribution in [2.24, 2.45) is 0 Å². The summed E-state index contributed by atoms with van der Waals surface area (Å²) in [6.45, 7) is 0. The Morgan fingerprint density at radius 3 is 1.57 bits per heavy atom. The Balaban J connectivity index is 2.61. The highest BCUT2D eigenvalue weighted by molar-refractivity contribution is 5.96. The normalized spacial score (nSPS) is 11.4. The van der Waals surface area contributed by atoms with E-state index in [2.05, 4.69) is 0 Å². The molecule has 0 fully saturated rings. The van der Waals surface area contributed by atoms with Crippen LogP contribution in [0.1, 0.15) is 17.0 Å². The van der Waals surface area contributed by atoms with Crippen LogP contribution in [0.15, 0.2) is 72.3 Å². The van der Waals surface area contributed by atoms with Gasteiger partial charge in [0, 0.05) is 12.0 Å². The first-order valence-electron chi connectivity index (χ1n) is 6.37. The van der Waals surface area contributed by atoms with Gasteiger partial charge in [0.1, 0.15) is 0 Å². The molecule has 0 radical (unpaired) electrons. The molecule has 0 aromatic heterocycles. The standard InChI is InChI=1S/C17H14O4/c18-15(19)11-14(17(20)21)16(12-7-3-1-4-8-12)13-9-5-2-6-10-13/h1-11,16H,(H,18,19)(H,20,21)/b14-11+. The van der Waals surface area contributed by atoms with Crippen molar-refractivity contribution >= 4 is 11.9 Å². The second-order valence-electron chi connectivity index (χ2n) is 4.50. The lowest BCUT2D eigenvalue weighted by molar-refractivity contribution is -0.135. The van der Waals surface area contributed by atoms with E-state index in [1.165, 1.54) is 0 Å². The average Bonchev–Trinajstić information content (AvgIpc) is 2.48. The Bertz CT molecular complexity index is 620. The fourth-order valence-electron chi connectivity index (χ4n) is 2.24. The summed E-state index contributed by atoms with van der Waals surface area (Å²) in [5, 5.41) is 18.3. The maximum Gasteiger partial charge on any atom is 0.332 e. The van der Waals surface area contributed by atoms with Crippen molar-refractivity contribution in [3.05, 3.63) is 83.4 Å². The van der Waals surface area contributed by atoms with Gasteiger partial charge in [0.2, 0.25) is 0 Å². The molecular weight excluding hydrogens is 268 g/mol. The van der Waals surface area contributed by atoms with Crippen LogP contribution in [0.2, 0.25) is 0 Å². The minimum atomic E-state index is -1.27. The molecule has 0 amide bonds. The SMILES string of the molecule is O=C(O)/C=C(/C(=O)O)C(c1ccccc1)c1ccccc1. The van der Waals surface area contributed by atoms with E-state index in [9.17, 15) is 14.7 Å². The van der Waals surface area contributed by atoms with Gasteiger partial charge in [-0.25, -0.2) is 9.59 Å². The smallest absolute Gasteiger partial charge is 0.332 e. The summed E-state index contributed by atoms with van der Waals surface area (Å²) in [4.78, 5) is 22.4. The van der Waals surface area contributed by atoms with Crippen molar-refractivity contribution in [1.29, 1.82) is 0 Å². The van der Waals surface area contributed by atoms with Gasteiger partial charge in [-0.3, -0.25) is 0 Å². The van der Waals surface area contributed by atoms with Gasteiger partial charge in [-0.05, 0) is 11.1 Å². The Kier molecular flexibility index (Phi) is 4.51. The molecule has 0 unspecified atom stereocenters. The highest BCUT2D eigenvalue weighted by Gasteiger charge is 2.25. The Morgan fingerprint density at radius 2 is 1.24 bits per heavy atom. The van der Waals surface area contributed by atoms with Crippen LogP contribution >= 0.6 is 0 Å². The van der Waals surface area contributed by atoms with Gasteiger partial charge in [0.15, 0.2) is 0 Å². The van der Waals surface area contributed by atoms with Crippen molar-refractivity contribution in [2.75, 3.05) is 0 Å². The number of carboxylic acids is 2. The number of carboxylic acid groups (broad SMARTS) is 2. The van der Waals surface area contributed by atoms with Gasteiger partial charge in [0.25, 0.3) is 0 Å². The molecule has 2 rings (SSSR count). The summed E-state index contributed by atoms with van der Waals surface area (Å²) in [5.74, 6) is -3.14. The van der Waals surface area contributed by atoms with Crippen LogP contribution in [0.4, 0.5) is 0 Å². The molecule has 0 saturated carbocycles. The van der Waals surface area contributed by atoms with Crippen LogP contribution in [0.3, 0.4) is 0 Å². The third-order valence-electron chi connectivity index (χ3n) is 3.10. The molecule has 0 heterocycles. The lowest BCUT2D eigenvalue weighted by atomic mass is 9.84. The topological polar surface area (TPSA) is 74.6 Å². The van der Waals surface area contributed by atoms with Crippen LogP contribution in [-0.2, 0) is 9.59 Å². The highest BCUT2D eigenvalue weighted by Crippen LogP contribution is 2.31. The number of benzene rings is 2. The second kappa shape index (κ2) is 6.52. The summed E-state index contributed by atoms with van der Waals surface area (Å²) >= 11 is 0. The first-order valence-corrected chi connectivity index (χ1v) is 6.37. The molecule has 0 aliphatic carbocycles. The second-order valence-corrected chi connectivity index (χ2v) is 4.50. The van der Waals surface area contributed by atoms with Crippen molar-refractivity contribution < 1.29 is 19.8 Å². The molecule has 4 nitrogen and oxygen atoms in total. The first kappa shape index (κ1) is 14.5. The van der Waals surface area contributed by atoms with Crippen molar-refractivity contribution in [1.82, 2.24) is 0 Å². The van der Waals surface area contributed by atoms with E-state index < -0.39 is 17.9 Å². The van der Waals surface area contributed by atoms with Gasteiger partial charge in [-0.15, -0.1) is 0 Å². The molecular formula is C17H14O4. The van der Waals surface area contributed by atoms with Crippen molar-refractivity contribution in [3.8, 4) is 0 Å². The number of hydrogen-bond donors (Lipinski definition) is 2. The number of rotatable bonds is 5. The van der Waals surface area contributed by atoms with Gasteiger partial charge in [0.05, 0.1) is 5.57 Å². The third-order valence-corrected chi connectivity index (χ3v) is 3.10. The number of carbonyl (C=O) groups is 2. The molecule has 21 heavy (non-hydrogen) atoms. The summed E-state index contributed by atoms with van der Waals surface area (Å²) in [6.07, 6.45) is 0.757. The van der Waals surface area contributed by atoms with Gasteiger partial charge in [-0.1, -0.05) is 60.7 Å². The number of hydrogen-bond acceptors (Lipinski definition) is 2. The predicted molar refractivity (Wildman–Crippen MR) is 78.1 cm³/mol. The van der Waals surface area contributed by atoms with Crippen LogP contribution in [0, 0.1) is 0 Å². The van der Waals surface area contributed by atoms with E-state index >= 15 is 0 Å². The lowest BCUT2D eigenvalue weighted by Crippen LogP contribution is -2.14. The van der Waals surface area contributed by atoms with Crippen LogP contribution in [0.5, 0.6) is 0 Å². The molecule has 0 bridgehead atoms. The lowest BCUT2D eigenvalue weighted by Gasteiger charge is -2.18. The van der Waals surface area contributed by atoms with E-state index in [4.69, 9.17) is 5.11 Å². The molecule has 106 valence electrons. The molecule has 2 N–H and O–H groups in total. The molecule has 4 heteroatoms. The Morgan fingerprint density at radius 1 is 0.810 bits per heavy atom. The van der Waals surface area contributed by atoms with Crippen LogP contribution in [0.25, 0.3) is 0 Å². The largest absolute Gasteiger partial charge is 0.478 e. The van der Waals surface area contributed by atoms with E-state index in [1.807, 2.05) is 12.1 Å². The van der Waals surface area contributed by atoms with E-state index in [0.717, 1.165) is 17.2 Å². The fraction of sp³-hybridized carbons (Fsp3) is 0.0588. The van der Waals surface area contributed by atoms with Crippen LogP contribution < -0.4 is 0 Å². The van der Waals surface area contributed by atoms with Crippen molar-refractivity contribution in [2.45, 2.75) is 5.92 Å². The summed E-state index contributed by atoms with van der Waals surface area (Å²) in [7, 11) is 0. The molecule has 0 spiro atoms. The molecule has 2 aromatic rings. The first-order chi connectivity index (χ1) is 10.1. The quantitative estimate of drug-likeness (QED) is 0.827. The van der Waals surface area contributed by atoms with Gasteiger partial charge >= 0.3 is 11.9 Å². The summed E-state index contributed by atoms with van der Waals surface area (Å²) in [5.41, 5.74) is 1.30. The zero-order valence-corrected chi connectivity index (χ0v) is 11.1. The maximum absolute atomic E-state index is 11.5. The van der Waals surface area contributed by atoms with E-state index in [1.54, 1.807) is 48.5 Å². The monoisotopic (exact) mass is 282 g/mol. The van der Waals surface area contributed by atoms with Crippen molar-refractivity contribution in [3.63, 3.8) is 0 Å². The minimum absolute atomic E-state index is 0.167. The molecule has 2 aromatic carbocycles. The molecule has 0 aliphatic rings. The predicted octanol–water partition coefficient (Wildman–Crippen LogP) is 2.91. The van der Waals surface area contributed by atoms with Crippen LogP contribution in [-0.4, -0.2) is 22.2 Å². The fourth-order valence-corrected chi connectivity index (χ4v) is 2.24. The Labute approximate surface area is 122 Å². The highest BCUT2D eigenvalue weighted by atomic mass is 16.4. The van der Waals surface area contributed by atoms with E-state index in [0.29, 0.717) is 0 Å². The van der Waals surface area contributed by atoms with Gasteiger partial charge in [-0.2, -0.15) is 0 Å². The molecule has 0 aliphatic heterocycles. The minimum Gasteiger partial charge on any atom is -0.478 e.